The molecule has 1 nitrogen and oxygen atoms in total. The fraction of sp³-hybridized carbons (Fsp3) is 0.320. The number of rotatable bonds is 3. The highest BCUT2D eigenvalue weighted by Crippen LogP contribution is 2.43. The second-order valence-corrected chi connectivity index (χ2v) is 7.66. The zero-order valence-electron chi connectivity index (χ0n) is 17.1. The highest BCUT2D eigenvalue weighted by Gasteiger charge is 2.25. The van der Waals surface area contributed by atoms with Crippen LogP contribution in [-0.4, -0.2) is 6.21 Å². The van der Waals surface area contributed by atoms with Crippen molar-refractivity contribution in [1.29, 1.82) is 0 Å². The first kappa shape index (κ1) is 18.4. The van der Waals surface area contributed by atoms with E-state index in [1.807, 2.05) is 6.21 Å². The molecule has 1 aliphatic carbocycles. The summed E-state index contributed by atoms with van der Waals surface area (Å²) in [6, 6.07) is 13.0. The minimum Gasteiger partial charge on any atom is -0.256 e. The lowest BCUT2D eigenvalue weighted by Gasteiger charge is -2.15. The zero-order chi connectivity index (χ0) is 19.0. The summed E-state index contributed by atoms with van der Waals surface area (Å²) in [7, 11) is 0. The van der Waals surface area contributed by atoms with Crippen LogP contribution in [0.3, 0.4) is 0 Å². The predicted molar refractivity (Wildman–Crippen MR) is 114 cm³/mol. The molecular formula is C25H29N. The molecule has 1 unspecified atom stereocenters. The molecule has 0 saturated heterocycles. The number of aliphatic imine (C=N–C) groups is 1. The summed E-state index contributed by atoms with van der Waals surface area (Å²) in [6.45, 7) is 15.5. The molecule has 0 radical (unpaired) electrons. The van der Waals surface area contributed by atoms with Crippen LogP contribution in [0.25, 0.3) is 5.57 Å². The van der Waals surface area contributed by atoms with Gasteiger partial charge >= 0.3 is 0 Å². The third-order valence-electron chi connectivity index (χ3n) is 5.86. The maximum Gasteiger partial charge on any atom is 0.0688 e. The number of aryl methyl sites for hydroxylation is 3. The van der Waals surface area contributed by atoms with Crippen molar-refractivity contribution in [3.63, 3.8) is 0 Å². The van der Waals surface area contributed by atoms with E-state index in [1.165, 1.54) is 50.1 Å². The summed E-state index contributed by atoms with van der Waals surface area (Å²) in [5.41, 5.74) is 13.1. The van der Waals surface area contributed by atoms with Crippen molar-refractivity contribution in [2.45, 2.75) is 48.5 Å². The Morgan fingerprint density at radius 2 is 1.46 bits per heavy atom. The van der Waals surface area contributed by atoms with Gasteiger partial charge in [-0.1, -0.05) is 54.5 Å². The Labute approximate surface area is 158 Å². The molecule has 26 heavy (non-hydrogen) atoms. The van der Waals surface area contributed by atoms with Gasteiger partial charge in [-0.2, -0.15) is 0 Å². The molecule has 134 valence electrons. The van der Waals surface area contributed by atoms with E-state index in [9.17, 15) is 0 Å². The maximum atomic E-state index is 4.88. The first-order valence-corrected chi connectivity index (χ1v) is 9.41. The highest BCUT2D eigenvalue weighted by atomic mass is 14.7. The Bertz CT molecular complexity index is 931. The van der Waals surface area contributed by atoms with Gasteiger partial charge in [-0.25, -0.2) is 0 Å². The van der Waals surface area contributed by atoms with Crippen molar-refractivity contribution in [2.24, 2.45) is 10.9 Å². The van der Waals surface area contributed by atoms with Crippen molar-refractivity contribution in [2.75, 3.05) is 0 Å². The van der Waals surface area contributed by atoms with Crippen LogP contribution in [0.2, 0.25) is 0 Å². The number of benzene rings is 2. The molecule has 0 aliphatic heterocycles. The molecule has 2 aromatic rings. The van der Waals surface area contributed by atoms with Crippen LogP contribution in [0.5, 0.6) is 0 Å². The van der Waals surface area contributed by atoms with E-state index in [4.69, 9.17) is 4.99 Å². The standard InChI is InChI=1S/C25H29N/c1-15-12-16(2)25(17(3)13-15)26-14-22-10-8-9-11-23(22)24-20(6)18(4)19(5)21(24)7/h8-14,20H,1-7H3/b26-14-. The summed E-state index contributed by atoms with van der Waals surface area (Å²) in [5.74, 6) is 0.465. The van der Waals surface area contributed by atoms with Gasteiger partial charge in [-0.3, -0.25) is 4.99 Å². The van der Waals surface area contributed by atoms with E-state index in [0.29, 0.717) is 5.92 Å². The molecule has 0 aromatic heterocycles. The Hall–Kier alpha value is -2.41. The van der Waals surface area contributed by atoms with Crippen LogP contribution in [0.1, 0.15) is 55.5 Å². The lowest BCUT2D eigenvalue weighted by molar-refractivity contribution is 0.895. The van der Waals surface area contributed by atoms with Crippen LogP contribution in [0.15, 0.2) is 58.1 Å². The summed E-state index contributed by atoms with van der Waals surface area (Å²) >= 11 is 0. The van der Waals surface area contributed by atoms with E-state index in [0.717, 1.165) is 5.69 Å². The molecule has 0 heterocycles. The average molecular weight is 344 g/mol. The van der Waals surface area contributed by atoms with Gasteiger partial charge in [0.15, 0.2) is 0 Å². The van der Waals surface area contributed by atoms with Gasteiger partial charge in [0.25, 0.3) is 0 Å². The van der Waals surface area contributed by atoms with Crippen molar-refractivity contribution < 1.29 is 0 Å². The average Bonchev–Trinajstić information content (AvgIpc) is 2.78. The summed E-state index contributed by atoms with van der Waals surface area (Å²) in [4.78, 5) is 4.88. The summed E-state index contributed by atoms with van der Waals surface area (Å²) < 4.78 is 0. The number of hydrogen-bond donors (Lipinski definition) is 0. The number of hydrogen-bond acceptors (Lipinski definition) is 1. The van der Waals surface area contributed by atoms with Gasteiger partial charge in [0.1, 0.15) is 0 Å². The van der Waals surface area contributed by atoms with Crippen LogP contribution in [0.4, 0.5) is 5.69 Å². The second-order valence-electron chi connectivity index (χ2n) is 7.66. The van der Waals surface area contributed by atoms with E-state index < -0.39 is 0 Å². The molecule has 0 bridgehead atoms. The molecule has 3 rings (SSSR count). The van der Waals surface area contributed by atoms with Gasteiger partial charge in [0, 0.05) is 17.7 Å². The van der Waals surface area contributed by atoms with Crippen molar-refractivity contribution >= 4 is 17.5 Å². The smallest absolute Gasteiger partial charge is 0.0688 e. The molecular weight excluding hydrogens is 314 g/mol. The molecule has 1 heteroatoms. The van der Waals surface area contributed by atoms with Crippen molar-refractivity contribution in [3.05, 3.63) is 80.9 Å². The third kappa shape index (κ3) is 3.19. The summed E-state index contributed by atoms with van der Waals surface area (Å²) in [5, 5.41) is 0. The Balaban J connectivity index is 2.06. The zero-order valence-corrected chi connectivity index (χ0v) is 17.1. The van der Waals surface area contributed by atoms with Crippen LogP contribution in [0, 0.1) is 26.7 Å². The highest BCUT2D eigenvalue weighted by molar-refractivity contribution is 5.93. The largest absolute Gasteiger partial charge is 0.256 e. The van der Waals surface area contributed by atoms with E-state index in [1.54, 1.807) is 0 Å². The maximum absolute atomic E-state index is 4.88. The molecule has 1 atom stereocenters. The number of nitrogens with zero attached hydrogens (tertiary/aromatic N) is 1. The Morgan fingerprint density at radius 1 is 0.846 bits per heavy atom. The predicted octanol–water partition coefficient (Wildman–Crippen LogP) is 7.12. The van der Waals surface area contributed by atoms with Crippen molar-refractivity contribution in [1.82, 2.24) is 0 Å². The monoisotopic (exact) mass is 343 g/mol. The molecule has 0 saturated carbocycles. The third-order valence-corrected chi connectivity index (χ3v) is 5.86. The van der Waals surface area contributed by atoms with Gasteiger partial charge in [-0.05, 0) is 75.0 Å². The molecule has 2 aromatic carbocycles. The molecule has 0 spiro atoms. The summed E-state index contributed by atoms with van der Waals surface area (Å²) in [6.07, 6.45) is 2.04. The van der Waals surface area contributed by atoms with Crippen LogP contribution in [-0.2, 0) is 0 Å². The lowest BCUT2D eigenvalue weighted by atomic mass is 9.89. The van der Waals surface area contributed by atoms with Gasteiger partial charge in [0.05, 0.1) is 5.69 Å². The quantitative estimate of drug-likeness (QED) is 0.526. The second kappa shape index (κ2) is 7.07. The van der Waals surface area contributed by atoms with E-state index in [2.05, 4.69) is 84.9 Å². The fourth-order valence-corrected chi connectivity index (χ4v) is 4.16. The van der Waals surface area contributed by atoms with Gasteiger partial charge in [0.2, 0.25) is 0 Å². The van der Waals surface area contributed by atoms with E-state index in [-0.39, 0.29) is 0 Å². The van der Waals surface area contributed by atoms with Crippen molar-refractivity contribution in [3.8, 4) is 0 Å². The lowest BCUT2D eigenvalue weighted by Crippen LogP contribution is -2.00. The molecule has 1 aliphatic rings. The number of allylic oxidation sites excluding steroid dienone is 4. The molecule has 0 fully saturated rings. The molecule has 0 N–H and O–H groups in total. The first-order chi connectivity index (χ1) is 12.3. The van der Waals surface area contributed by atoms with Crippen LogP contribution < -0.4 is 0 Å². The Kier molecular flexibility index (Phi) is 5.00. The minimum atomic E-state index is 0.465. The van der Waals surface area contributed by atoms with Crippen LogP contribution >= 0.6 is 0 Å². The normalized spacial score (nSPS) is 17.7. The minimum absolute atomic E-state index is 0.465. The fourth-order valence-electron chi connectivity index (χ4n) is 4.16. The topological polar surface area (TPSA) is 12.4 Å². The SMILES string of the molecule is CC1=C(C)C(C)C(c2ccccc2/C=N\c2c(C)cc(C)cc2C)=C1C. The molecule has 0 amide bonds. The van der Waals surface area contributed by atoms with Gasteiger partial charge < -0.3 is 0 Å². The van der Waals surface area contributed by atoms with Gasteiger partial charge in [-0.15, -0.1) is 0 Å². The first-order valence-electron chi connectivity index (χ1n) is 9.41. The Morgan fingerprint density at radius 3 is 2.04 bits per heavy atom. The van der Waals surface area contributed by atoms with E-state index >= 15 is 0 Å².